The highest BCUT2D eigenvalue weighted by Crippen LogP contribution is 2.45. The first kappa shape index (κ1) is 74.0. The molecule has 0 amide bonds. The van der Waals surface area contributed by atoms with E-state index in [4.69, 9.17) is 32.3 Å². The Morgan fingerprint density at radius 1 is 0.377 bits per heavy atom. The van der Waals surface area contributed by atoms with Crippen molar-refractivity contribution in [2.45, 2.75) is 245 Å². The first-order valence-electron chi connectivity index (χ1n) is 29.2. The van der Waals surface area contributed by atoms with Gasteiger partial charge in [-0.15, -0.1) is 0 Å². The van der Waals surface area contributed by atoms with Crippen molar-refractivity contribution in [1.82, 2.24) is 0 Å². The lowest BCUT2D eigenvalue weighted by molar-refractivity contribution is -0.161. The number of ether oxygens (including phenoxy) is 3. The van der Waals surface area contributed by atoms with E-state index in [1.165, 1.54) is 38.5 Å². The van der Waals surface area contributed by atoms with Crippen molar-refractivity contribution in [3.8, 4) is 0 Å². The molecule has 446 valence electrons. The Morgan fingerprint density at radius 3 is 1.14 bits per heavy atom. The molecule has 0 bridgehead atoms. The molecule has 5 unspecified atom stereocenters. The minimum atomic E-state index is -4.91. The van der Waals surface area contributed by atoms with Crippen LogP contribution in [0.4, 0.5) is 0 Å². The van der Waals surface area contributed by atoms with Crippen LogP contribution in [0.3, 0.4) is 0 Å². The van der Waals surface area contributed by atoms with Gasteiger partial charge in [-0.1, -0.05) is 196 Å². The molecule has 0 aromatic heterocycles. The summed E-state index contributed by atoms with van der Waals surface area (Å²) < 4.78 is 60.5. The van der Waals surface area contributed by atoms with Gasteiger partial charge in [0.05, 0.1) is 26.4 Å². The number of unbranched alkanes of at least 4 members (excludes halogenated alkanes) is 20. The van der Waals surface area contributed by atoms with Gasteiger partial charge in [-0.2, -0.15) is 0 Å². The molecule has 0 aliphatic carbocycles. The molecule has 0 fully saturated rings. The number of carbonyl (C=O) groups excluding carboxylic acids is 3. The number of rotatable bonds is 55. The molecule has 0 spiro atoms. The Kier molecular flexibility index (Phi) is 51.5. The number of hydrogen-bond acceptors (Lipinski definition) is 14. The van der Waals surface area contributed by atoms with E-state index in [0.717, 1.165) is 128 Å². The van der Waals surface area contributed by atoms with E-state index in [1.807, 2.05) is 0 Å². The first-order valence-corrected chi connectivity index (χ1v) is 32.2. The highest BCUT2D eigenvalue weighted by molar-refractivity contribution is 7.47. The van der Waals surface area contributed by atoms with Crippen LogP contribution < -0.4 is 0 Å². The Bertz CT molecular complexity index is 1710. The third kappa shape index (κ3) is 54.7. The molecule has 5 atom stereocenters. The third-order valence-electron chi connectivity index (χ3n) is 11.9. The fourth-order valence-corrected chi connectivity index (χ4v) is 9.01. The van der Waals surface area contributed by atoms with Gasteiger partial charge < -0.3 is 34.2 Å². The summed E-state index contributed by atoms with van der Waals surface area (Å²) in [5, 5.41) is 20.4. The van der Waals surface area contributed by atoms with Gasteiger partial charge in [-0.25, -0.2) is 9.13 Å². The van der Waals surface area contributed by atoms with Crippen LogP contribution in [0.25, 0.3) is 0 Å². The Morgan fingerprint density at radius 2 is 0.714 bits per heavy atom. The minimum Gasteiger partial charge on any atom is -0.463 e. The molecule has 0 heterocycles. The van der Waals surface area contributed by atoms with Crippen molar-refractivity contribution in [2.75, 3.05) is 39.6 Å². The maximum atomic E-state index is 12.8. The molecule has 0 rings (SSSR count). The minimum absolute atomic E-state index is 0.104. The summed E-state index contributed by atoms with van der Waals surface area (Å²) in [6.07, 6.45) is 51.2. The second-order valence-corrected chi connectivity index (χ2v) is 22.3. The van der Waals surface area contributed by atoms with Crippen molar-refractivity contribution < 1.29 is 75.8 Å². The number of allylic oxidation sites excluding steroid dienone is 12. The summed E-state index contributed by atoms with van der Waals surface area (Å²) in [7, 11) is -9.76. The van der Waals surface area contributed by atoms with Crippen molar-refractivity contribution in [1.29, 1.82) is 0 Å². The molecule has 0 saturated heterocycles. The monoisotopic (exact) mass is 1130 g/mol. The molecule has 0 aliphatic heterocycles. The van der Waals surface area contributed by atoms with E-state index in [9.17, 15) is 43.5 Å². The lowest BCUT2D eigenvalue weighted by atomic mass is 10.1. The summed E-state index contributed by atoms with van der Waals surface area (Å²) in [4.78, 5) is 57.9. The number of aliphatic hydroxyl groups is 2. The highest BCUT2D eigenvalue weighted by atomic mass is 31.2. The van der Waals surface area contributed by atoms with E-state index in [2.05, 4.69) is 93.7 Å². The highest BCUT2D eigenvalue weighted by Gasteiger charge is 2.29. The smallest absolute Gasteiger partial charge is 0.463 e. The van der Waals surface area contributed by atoms with Crippen LogP contribution in [-0.4, -0.2) is 95.9 Å². The molecule has 0 radical (unpaired) electrons. The van der Waals surface area contributed by atoms with Gasteiger partial charge in [-0.3, -0.25) is 32.5 Å². The van der Waals surface area contributed by atoms with Crippen LogP contribution in [0.1, 0.15) is 226 Å². The standard InChI is InChI=1S/C59H104O16P2/c1-4-7-10-13-16-19-22-24-25-26-27-29-32-33-36-39-42-45-57(62)69-48-54(60)49-71-76(65,66)72-50-55(61)51-73-77(67,68)74-53-56(75-59(64)47-44-41-38-35-30-21-18-15-12-9-6-3)52-70-58(63)46-43-40-37-34-31-28-23-20-17-14-11-8-5-2/h7,10-11,14,16,19-20,23-25,27,29,54-56,60-61H,4-6,8-9,12-13,15,17-18,21-22,26,28,30-53H2,1-3H3,(H,65,66)(H,67,68)/b10-7-,14-11-,19-16-,23-20-,25-24-,29-27-. The number of hydrogen-bond donors (Lipinski definition) is 4. The summed E-state index contributed by atoms with van der Waals surface area (Å²) in [5.74, 6) is -1.61. The van der Waals surface area contributed by atoms with Crippen LogP contribution in [-0.2, 0) is 55.8 Å². The fraction of sp³-hybridized carbons (Fsp3) is 0.746. The second-order valence-electron chi connectivity index (χ2n) is 19.4. The van der Waals surface area contributed by atoms with Crippen LogP contribution in [0, 0.1) is 0 Å². The molecule has 16 nitrogen and oxygen atoms in total. The van der Waals surface area contributed by atoms with Crippen LogP contribution in [0.15, 0.2) is 72.9 Å². The van der Waals surface area contributed by atoms with Crippen LogP contribution in [0.5, 0.6) is 0 Å². The van der Waals surface area contributed by atoms with E-state index >= 15 is 0 Å². The van der Waals surface area contributed by atoms with Gasteiger partial charge in [0.2, 0.25) is 0 Å². The Labute approximate surface area is 464 Å². The zero-order valence-corrected chi connectivity index (χ0v) is 49.4. The van der Waals surface area contributed by atoms with Gasteiger partial charge in [0.1, 0.15) is 25.4 Å². The zero-order chi connectivity index (χ0) is 56.8. The molecular weight excluding hydrogens is 1030 g/mol. The van der Waals surface area contributed by atoms with Gasteiger partial charge in [0, 0.05) is 19.3 Å². The largest absolute Gasteiger partial charge is 0.472 e. The number of phosphoric acid groups is 2. The van der Waals surface area contributed by atoms with E-state index < -0.39 is 91.5 Å². The average Bonchev–Trinajstić information content (AvgIpc) is 3.40. The molecule has 77 heavy (non-hydrogen) atoms. The molecular formula is C59H104O16P2. The number of aliphatic hydroxyl groups excluding tert-OH is 2. The summed E-state index contributed by atoms with van der Waals surface area (Å²) >= 11 is 0. The average molecular weight is 1130 g/mol. The van der Waals surface area contributed by atoms with Gasteiger partial charge in [0.15, 0.2) is 6.10 Å². The summed E-state index contributed by atoms with van der Waals surface area (Å²) in [5.41, 5.74) is 0. The van der Waals surface area contributed by atoms with Crippen molar-refractivity contribution in [2.24, 2.45) is 0 Å². The lowest BCUT2D eigenvalue weighted by Gasteiger charge is -2.21. The zero-order valence-electron chi connectivity index (χ0n) is 47.6. The SMILES string of the molecule is CC/C=C\C/C=C\C/C=C\C/C=C\CCCCCCC(=O)OCC(O)COP(=O)(O)OCC(O)COP(=O)(O)OCC(COC(=O)CCCCCCC/C=C\C/C=C\CCC)OC(=O)CCCCCCCCCCCCC. The van der Waals surface area contributed by atoms with Gasteiger partial charge in [-0.05, 0) is 83.5 Å². The topological polar surface area (TPSA) is 231 Å². The molecule has 0 aromatic carbocycles. The number of esters is 3. The van der Waals surface area contributed by atoms with Crippen molar-refractivity contribution in [3.05, 3.63) is 72.9 Å². The predicted molar refractivity (Wildman–Crippen MR) is 307 cm³/mol. The molecule has 0 aliphatic rings. The van der Waals surface area contributed by atoms with E-state index in [-0.39, 0.29) is 19.3 Å². The lowest BCUT2D eigenvalue weighted by Crippen LogP contribution is -2.30. The molecule has 18 heteroatoms. The predicted octanol–water partition coefficient (Wildman–Crippen LogP) is 14.9. The first-order chi connectivity index (χ1) is 37.2. The van der Waals surface area contributed by atoms with Crippen molar-refractivity contribution in [3.63, 3.8) is 0 Å². The second kappa shape index (κ2) is 53.6. The Balaban J connectivity index is 4.66. The normalized spacial score (nSPS) is 15.1. The van der Waals surface area contributed by atoms with E-state index in [0.29, 0.717) is 19.3 Å². The maximum absolute atomic E-state index is 12.8. The van der Waals surface area contributed by atoms with Crippen LogP contribution in [0.2, 0.25) is 0 Å². The molecule has 0 saturated carbocycles. The Hall–Kier alpha value is -3.01. The molecule has 4 N–H and O–H groups in total. The summed E-state index contributed by atoms with van der Waals surface area (Å²) in [6.45, 7) is 2.40. The number of carbonyl (C=O) groups is 3. The van der Waals surface area contributed by atoms with Crippen LogP contribution >= 0.6 is 15.6 Å². The number of phosphoric ester groups is 2. The summed E-state index contributed by atoms with van der Waals surface area (Å²) in [6, 6.07) is 0. The quantitative estimate of drug-likeness (QED) is 0.0146. The van der Waals surface area contributed by atoms with Crippen molar-refractivity contribution >= 4 is 33.6 Å². The van der Waals surface area contributed by atoms with E-state index in [1.54, 1.807) is 0 Å². The maximum Gasteiger partial charge on any atom is 0.472 e. The molecule has 0 aromatic rings. The third-order valence-corrected chi connectivity index (χ3v) is 13.8. The fourth-order valence-electron chi connectivity index (χ4n) is 7.42. The van der Waals surface area contributed by atoms with Gasteiger partial charge >= 0.3 is 33.6 Å². The van der Waals surface area contributed by atoms with Gasteiger partial charge in [0.25, 0.3) is 0 Å².